The molecule has 0 radical (unpaired) electrons. The lowest BCUT2D eigenvalue weighted by Crippen LogP contribution is -2.48. The van der Waals surface area contributed by atoms with Crippen LogP contribution in [0.2, 0.25) is 0 Å². The Kier molecular flexibility index (Phi) is 5.40. The highest BCUT2D eigenvalue weighted by Gasteiger charge is 2.35. The van der Waals surface area contributed by atoms with E-state index in [0.29, 0.717) is 39.2 Å². The van der Waals surface area contributed by atoms with Gasteiger partial charge in [-0.1, -0.05) is 17.3 Å². The molecule has 1 unspecified atom stereocenters. The zero-order valence-corrected chi connectivity index (χ0v) is 18.2. The van der Waals surface area contributed by atoms with Crippen molar-refractivity contribution >= 4 is 46.1 Å². The first-order valence-corrected chi connectivity index (χ1v) is 10.5. The van der Waals surface area contributed by atoms with E-state index in [1.807, 2.05) is 17.5 Å². The Balaban J connectivity index is 1.80. The molecular formula is C21H19FN4O2S2. The van der Waals surface area contributed by atoms with Crippen molar-refractivity contribution < 1.29 is 13.7 Å². The van der Waals surface area contributed by atoms with Crippen LogP contribution in [0.5, 0.6) is 0 Å². The van der Waals surface area contributed by atoms with Crippen molar-refractivity contribution in [3.05, 3.63) is 75.1 Å². The number of carbonyl (C=O) groups excluding carboxylic acids is 1. The van der Waals surface area contributed by atoms with E-state index in [-0.39, 0.29) is 11.7 Å². The van der Waals surface area contributed by atoms with Crippen LogP contribution in [-0.4, -0.2) is 16.2 Å². The number of rotatable bonds is 4. The first-order chi connectivity index (χ1) is 14.3. The lowest BCUT2D eigenvalue weighted by molar-refractivity contribution is -0.113. The molecule has 3 aromatic rings. The van der Waals surface area contributed by atoms with E-state index in [1.54, 1.807) is 43.9 Å². The second kappa shape index (κ2) is 8.00. The summed E-state index contributed by atoms with van der Waals surface area (Å²) in [4.78, 5) is 15.9. The Hall–Kier alpha value is -3.04. The van der Waals surface area contributed by atoms with Crippen LogP contribution < -0.4 is 15.5 Å². The van der Waals surface area contributed by atoms with Crippen molar-refractivity contribution in [1.82, 2.24) is 10.5 Å². The van der Waals surface area contributed by atoms with Crippen molar-refractivity contribution in [3.63, 3.8) is 0 Å². The fourth-order valence-electron chi connectivity index (χ4n) is 3.35. The molecule has 1 amide bonds. The molecule has 9 heteroatoms. The van der Waals surface area contributed by atoms with Crippen LogP contribution in [0.1, 0.15) is 29.2 Å². The smallest absolute Gasteiger partial charge is 0.257 e. The minimum atomic E-state index is -0.433. The molecule has 6 nitrogen and oxygen atoms in total. The van der Waals surface area contributed by atoms with Crippen molar-refractivity contribution in [2.24, 2.45) is 0 Å². The molecule has 2 N–H and O–H groups in total. The van der Waals surface area contributed by atoms with Gasteiger partial charge in [-0.25, -0.2) is 4.39 Å². The molecule has 1 atom stereocenters. The van der Waals surface area contributed by atoms with Crippen LogP contribution >= 0.6 is 23.6 Å². The Bertz CT molecular complexity index is 1150. The topological polar surface area (TPSA) is 70.4 Å². The molecule has 3 heterocycles. The molecule has 0 saturated heterocycles. The Labute approximate surface area is 182 Å². The average molecular weight is 443 g/mol. The predicted octanol–water partition coefficient (Wildman–Crippen LogP) is 4.84. The molecule has 1 aliphatic rings. The maximum absolute atomic E-state index is 14.2. The SMILES string of the molecule is CC1=C(C(=O)Nc2cc(C)on2)C(c2cccs2)NC(=S)N1c1ccc(C)c(F)c1. The highest BCUT2D eigenvalue weighted by molar-refractivity contribution is 7.80. The number of benzene rings is 1. The number of carbonyl (C=O) groups is 1. The van der Waals surface area contributed by atoms with Gasteiger partial charge in [0.25, 0.3) is 5.91 Å². The summed E-state index contributed by atoms with van der Waals surface area (Å²) in [5.41, 5.74) is 2.15. The second-order valence-corrected chi connectivity index (χ2v) is 8.31. The minimum absolute atomic E-state index is 0.323. The zero-order chi connectivity index (χ0) is 21.4. The molecule has 30 heavy (non-hydrogen) atoms. The third-order valence-electron chi connectivity index (χ3n) is 4.84. The Morgan fingerprint density at radius 2 is 2.10 bits per heavy atom. The Morgan fingerprint density at radius 3 is 2.73 bits per heavy atom. The quantitative estimate of drug-likeness (QED) is 0.564. The molecule has 0 spiro atoms. The van der Waals surface area contributed by atoms with Gasteiger partial charge in [0.05, 0.1) is 17.3 Å². The molecule has 1 aromatic carbocycles. The number of nitrogens with zero attached hydrogens (tertiary/aromatic N) is 2. The van der Waals surface area contributed by atoms with Crippen molar-refractivity contribution in [2.75, 3.05) is 10.2 Å². The summed E-state index contributed by atoms with van der Waals surface area (Å²) in [5, 5.41) is 12.2. The maximum Gasteiger partial charge on any atom is 0.257 e. The number of nitrogens with one attached hydrogen (secondary N) is 2. The molecule has 2 aromatic heterocycles. The van der Waals surface area contributed by atoms with Crippen LogP contribution in [0, 0.1) is 19.7 Å². The van der Waals surface area contributed by atoms with E-state index in [4.69, 9.17) is 16.7 Å². The summed E-state index contributed by atoms with van der Waals surface area (Å²) in [6, 6.07) is 9.93. The second-order valence-electron chi connectivity index (χ2n) is 6.94. The van der Waals surface area contributed by atoms with Crippen molar-refractivity contribution in [3.8, 4) is 0 Å². The van der Waals surface area contributed by atoms with E-state index in [1.165, 1.54) is 17.4 Å². The molecule has 4 rings (SSSR count). The molecule has 0 bridgehead atoms. The fourth-order valence-corrected chi connectivity index (χ4v) is 4.49. The zero-order valence-electron chi connectivity index (χ0n) is 16.5. The number of hydrogen-bond acceptors (Lipinski definition) is 5. The number of anilines is 2. The molecule has 0 saturated carbocycles. The number of thiophene rings is 1. The third-order valence-corrected chi connectivity index (χ3v) is 6.08. The molecule has 0 aliphatic carbocycles. The Morgan fingerprint density at radius 1 is 1.30 bits per heavy atom. The first kappa shape index (κ1) is 20.2. The van der Waals surface area contributed by atoms with E-state index in [2.05, 4.69) is 15.8 Å². The minimum Gasteiger partial charge on any atom is -0.360 e. The lowest BCUT2D eigenvalue weighted by atomic mass is 9.99. The normalized spacial score (nSPS) is 16.6. The lowest BCUT2D eigenvalue weighted by Gasteiger charge is -2.37. The van der Waals surface area contributed by atoms with Crippen molar-refractivity contribution in [1.29, 1.82) is 0 Å². The van der Waals surface area contributed by atoms with Gasteiger partial charge in [0.15, 0.2) is 10.9 Å². The summed E-state index contributed by atoms with van der Waals surface area (Å²) in [6.07, 6.45) is 0. The summed E-state index contributed by atoms with van der Waals surface area (Å²) < 4.78 is 19.3. The van der Waals surface area contributed by atoms with Gasteiger partial charge < -0.3 is 15.2 Å². The third kappa shape index (κ3) is 3.73. The van der Waals surface area contributed by atoms with Crippen LogP contribution in [0.15, 0.2) is 57.6 Å². The van der Waals surface area contributed by atoms with Crippen LogP contribution in [0.25, 0.3) is 0 Å². The first-order valence-electron chi connectivity index (χ1n) is 9.20. The average Bonchev–Trinajstić information content (AvgIpc) is 3.36. The van der Waals surface area contributed by atoms with Gasteiger partial charge in [0.2, 0.25) is 0 Å². The summed E-state index contributed by atoms with van der Waals surface area (Å²) >= 11 is 7.11. The predicted molar refractivity (Wildman–Crippen MR) is 119 cm³/mol. The van der Waals surface area contributed by atoms with E-state index < -0.39 is 6.04 Å². The van der Waals surface area contributed by atoms with Gasteiger partial charge in [-0.3, -0.25) is 9.69 Å². The number of hydrogen-bond donors (Lipinski definition) is 2. The van der Waals surface area contributed by atoms with Crippen LogP contribution in [-0.2, 0) is 4.79 Å². The summed E-state index contributed by atoms with van der Waals surface area (Å²) in [6.45, 7) is 5.24. The van der Waals surface area contributed by atoms with E-state index in [9.17, 15) is 9.18 Å². The highest BCUT2D eigenvalue weighted by atomic mass is 32.1. The monoisotopic (exact) mass is 442 g/mol. The molecule has 1 aliphatic heterocycles. The summed E-state index contributed by atoms with van der Waals surface area (Å²) in [7, 11) is 0. The van der Waals surface area contributed by atoms with Gasteiger partial charge in [0.1, 0.15) is 11.6 Å². The molecule has 0 fully saturated rings. The standard InChI is InChI=1S/C21H19FN4O2S2/c1-11-6-7-14(10-15(11)22)26-13(3)18(20(27)23-17-9-12(2)28-25-17)19(24-21(26)29)16-5-4-8-30-16/h4-10,19H,1-3H3,(H,24,29)(H,23,25,27). The van der Waals surface area contributed by atoms with Gasteiger partial charge in [-0.2, -0.15) is 0 Å². The van der Waals surface area contributed by atoms with Crippen LogP contribution in [0.4, 0.5) is 15.9 Å². The largest absolute Gasteiger partial charge is 0.360 e. The number of aryl methyl sites for hydroxylation is 2. The molecular weight excluding hydrogens is 423 g/mol. The fraction of sp³-hybridized carbons (Fsp3) is 0.190. The number of halogens is 1. The van der Waals surface area contributed by atoms with Gasteiger partial charge >= 0.3 is 0 Å². The molecule has 154 valence electrons. The van der Waals surface area contributed by atoms with E-state index in [0.717, 1.165) is 4.88 Å². The highest BCUT2D eigenvalue weighted by Crippen LogP contribution is 2.36. The van der Waals surface area contributed by atoms with Crippen LogP contribution in [0.3, 0.4) is 0 Å². The number of aromatic nitrogens is 1. The summed E-state index contributed by atoms with van der Waals surface area (Å²) in [5.74, 6) is 0.230. The van der Waals surface area contributed by atoms with Gasteiger partial charge in [-0.15, -0.1) is 11.3 Å². The number of amides is 1. The number of allylic oxidation sites excluding steroid dienone is 1. The maximum atomic E-state index is 14.2. The van der Waals surface area contributed by atoms with Crippen molar-refractivity contribution in [2.45, 2.75) is 26.8 Å². The van der Waals surface area contributed by atoms with Gasteiger partial charge in [0, 0.05) is 16.6 Å². The number of thiocarbonyl (C=S) groups is 1. The van der Waals surface area contributed by atoms with Gasteiger partial charge in [-0.05, 0) is 62.1 Å². The van der Waals surface area contributed by atoms with E-state index >= 15 is 0 Å².